The van der Waals surface area contributed by atoms with Crippen LogP contribution in [0.5, 0.6) is 0 Å². The Labute approximate surface area is 148 Å². The van der Waals surface area contributed by atoms with E-state index in [0.717, 1.165) is 34.8 Å². The summed E-state index contributed by atoms with van der Waals surface area (Å²) in [5.74, 6) is 0. The summed E-state index contributed by atoms with van der Waals surface area (Å²) in [6.45, 7) is 7.23. The van der Waals surface area contributed by atoms with Gasteiger partial charge in [-0.05, 0) is 73.7 Å². The molecule has 0 unspecified atom stereocenters. The topological polar surface area (TPSA) is 15.6 Å². The Morgan fingerprint density at radius 3 is 2.48 bits per heavy atom. The summed E-state index contributed by atoms with van der Waals surface area (Å²) in [6, 6.07) is 9.91. The minimum atomic E-state index is 0.711. The van der Waals surface area contributed by atoms with Crippen molar-refractivity contribution >= 4 is 35.2 Å². The standard InChI is InChI=1S/C19H22Cl2N2/c1-5-23(4)12-22-19-9-13(2)15(8-14(19)3)10-16-11-17(20)6-7-18(16)21/h6-9,11-12H,5,10H2,1-4H3. The molecule has 122 valence electrons. The first-order valence-corrected chi connectivity index (χ1v) is 8.44. The van der Waals surface area contributed by atoms with E-state index in [4.69, 9.17) is 23.2 Å². The molecule has 0 saturated heterocycles. The van der Waals surface area contributed by atoms with E-state index >= 15 is 0 Å². The van der Waals surface area contributed by atoms with Gasteiger partial charge in [0.05, 0.1) is 12.0 Å². The maximum atomic E-state index is 6.28. The fourth-order valence-corrected chi connectivity index (χ4v) is 2.70. The van der Waals surface area contributed by atoms with Crippen molar-refractivity contribution in [3.8, 4) is 0 Å². The van der Waals surface area contributed by atoms with E-state index in [1.54, 1.807) is 0 Å². The highest BCUT2D eigenvalue weighted by Crippen LogP contribution is 2.28. The zero-order valence-electron chi connectivity index (χ0n) is 14.0. The van der Waals surface area contributed by atoms with Gasteiger partial charge in [-0.15, -0.1) is 0 Å². The van der Waals surface area contributed by atoms with Crippen LogP contribution in [0.4, 0.5) is 5.69 Å². The molecule has 0 saturated carbocycles. The third kappa shape index (κ3) is 4.73. The number of aliphatic imine (C=N–C) groups is 1. The van der Waals surface area contributed by atoms with Crippen LogP contribution < -0.4 is 0 Å². The molecule has 2 rings (SSSR count). The second-order valence-corrected chi connectivity index (χ2v) is 6.64. The van der Waals surface area contributed by atoms with Crippen LogP contribution in [-0.2, 0) is 6.42 Å². The maximum Gasteiger partial charge on any atom is 0.0909 e. The Kier molecular flexibility index (Phi) is 6.09. The molecule has 2 aromatic rings. The number of aryl methyl sites for hydroxylation is 2. The zero-order chi connectivity index (χ0) is 17.0. The molecule has 0 N–H and O–H groups in total. The predicted octanol–water partition coefficient (Wildman–Crippen LogP) is 5.81. The van der Waals surface area contributed by atoms with Gasteiger partial charge in [0.15, 0.2) is 0 Å². The van der Waals surface area contributed by atoms with Crippen LogP contribution in [0.3, 0.4) is 0 Å². The molecule has 0 aliphatic carbocycles. The van der Waals surface area contributed by atoms with Crippen molar-refractivity contribution in [2.75, 3.05) is 13.6 Å². The molecule has 0 aromatic heterocycles. The molecule has 4 heteroatoms. The van der Waals surface area contributed by atoms with Crippen molar-refractivity contribution in [2.45, 2.75) is 27.2 Å². The summed E-state index contributed by atoms with van der Waals surface area (Å²) < 4.78 is 0. The van der Waals surface area contributed by atoms with Crippen molar-refractivity contribution in [1.29, 1.82) is 0 Å². The molecule has 0 radical (unpaired) electrons. The van der Waals surface area contributed by atoms with E-state index in [0.29, 0.717) is 5.02 Å². The van der Waals surface area contributed by atoms with Crippen LogP contribution in [0, 0.1) is 13.8 Å². The van der Waals surface area contributed by atoms with Gasteiger partial charge in [-0.2, -0.15) is 0 Å². The zero-order valence-corrected chi connectivity index (χ0v) is 15.5. The van der Waals surface area contributed by atoms with Crippen molar-refractivity contribution in [1.82, 2.24) is 4.90 Å². The summed E-state index contributed by atoms with van der Waals surface area (Å²) in [4.78, 5) is 6.62. The predicted molar refractivity (Wildman–Crippen MR) is 102 cm³/mol. The smallest absolute Gasteiger partial charge is 0.0909 e. The Morgan fingerprint density at radius 2 is 1.78 bits per heavy atom. The first-order valence-electron chi connectivity index (χ1n) is 7.69. The highest BCUT2D eigenvalue weighted by molar-refractivity contribution is 6.33. The molecule has 0 amide bonds. The minimum Gasteiger partial charge on any atom is -0.366 e. The van der Waals surface area contributed by atoms with E-state index < -0.39 is 0 Å². The summed E-state index contributed by atoms with van der Waals surface area (Å²) >= 11 is 12.4. The Morgan fingerprint density at radius 1 is 1.04 bits per heavy atom. The lowest BCUT2D eigenvalue weighted by Crippen LogP contribution is -2.14. The van der Waals surface area contributed by atoms with Gasteiger partial charge >= 0.3 is 0 Å². The van der Waals surface area contributed by atoms with Crippen LogP contribution in [0.25, 0.3) is 0 Å². The molecule has 0 aliphatic heterocycles. The second-order valence-electron chi connectivity index (χ2n) is 5.80. The highest BCUT2D eigenvalue weighted by atomic mass is 35.5. The third-order valence-corrected chi connectivity index (χ3v) is 4.54. The van der Waals surface area contributed by atoms with Gasteiger partial charge < -0.3 is 4.90 Å². The average molecular weight is 349 g/mol. The van der Waals surface area contributed by atoms with Gasteiger partial charge in [-0.1, -0.05) is 29.3 Å². The number of benzene rings is 2. The first kappa shape index (κ1) is 17.8. The van der Waals surface area contributed by atoms with Crippen LogP contribution >= 0.6 is 23.2 Å². The average Bonchev–Trinajstić information content (AvgIpc) is 2.52. The van der Waals surface area contributed by atoms with Crippen molar-refractivity contribution in [3.05, 3.63) is 62.6 Å². The molecule has 0 aliphatic rings. The van der Waals surface area contributed by atoms with Crippen LogP contribution in [-0.4, -0.2) is 24.8 Å². The minimum absolute atomic E-state index is 0.711. The van der Waals surface area contributed by atoms with Crippen molar-refractivity contribution in [2.24, 2.45) is 4.99 Å². The lowest BCUT2D eigenvalue weighted by atomic mass is 9.97. The molecule has 0 bridgehead atoms. The SMILES string of the molecule is CCN(C)C=Nc1cc(C)c(Cc2cc(Cl)ccc2Cl)cc1C. The second kappa shape index (κ2) is 7.85. The van der Waals surface area contributed by atoms with Gasteiger partial charge in [-0.25, -0.2) is 4.99 Å². The maximum absolute atomic E-state index is 6.28. The molecular weight excluding hydrogens is 327 g/mol. The number of rotatable bonds is 5. The number of hydrogen-bond acceptors (Lipinski definition) is 1. The van der Waals surface area contributed by atoms with Gasteiger partial charge in [0.25, 0.3) is 0 Å². The van der Waals surface area contributed by atoms with Gasteiger partial charge in [-0.3, -0.25) is 0 Å². The van der Waals surface area contributed by atoms with E-state index in [1.165, 1.54) is 11.1 Å². The van der Waals surface area contributed by atoms with Gasteiger partial charge in [0.2, 0.25) is 0 Å². The Balaban J connectivity index is 2.29. The van der Waals surface area contributed by atoms with Crippen LogP contribution in [0.15, 0.2) is 35.3 Å². The fraction of sp³-hybridized carbons (Fsp3) is 0.316. The normalized spacial score (nSPS) is 11.2. The monoisotopic (exact) mass is 348 g/mol. The Bertz CT molecular complexity index is 724. The lowest BCUT2D eigenvalue weighted by molar-refractivity contribution is 0.552. The van der Waals surface area contributed by atoms with Gasteiger partial charge in [0, 0.05) is 23.6 Å². The number of nitrogens with zero attached hydrogens (tertiary/aromatic N) is 2. The molecule has 0 heterocycles. The quantitative estimate of drug-likeness (QED) is 0.491. The summed E-state index contributed by atoms with van der Waals surface area (Å²) in [5, 5.41) is 1.46. The van der Waals surface area contributed by atoms with E-state index in [9.17, 15) is 0 Å². The summed E-state index contributed by atoms with van der Waals surface area (Å²) in [7, 11) is 2.02. The molecule has 2 aromatic carbocycles. The summed E-state index contributed by atoms with van der Waals surface area (Å²) in [5.41, 5.74) is 5.66. The van der Waals surface area contributed by atoms with Crippen molar-refractivity contribution in [3.63, 3.8) is 0 Å². The van der Waals surface area contributed by atoms with Crippen molar-refractivity contribution < 1.29 is 0 Å². The first-order chi connectivity index (χ1) is 10.9. The highest BCUT2D eigenvalue weighted by Gasteiger charge is 2.08. The molecule has 2 nitrogen and oxygen atoms in total. The van der Waals surface area contributed by atoms with Crippen LogP contribution in [0.1, 0.15) is 29.2 Å². The fourth-order valence-electron chi connectivity index (χ4n) is 2.32. The molecular formula is C19H22Cl2N2. The molecule has 0 fully saturated rings. The molecule has 23 heavy (non-hydrogen) atoms. The molecule has 0 spiro atoms. The van der Waals surface area contributed by atoms with Gasteiger partial charge in [0.1, 0.15) is 0 Å². The molecule has 0 atom stereocenters. The number of halogens is 2. The van der Waals surface area contributed by atoms with E-state index in [1.807, 2.05) is 31.6 Å². The van der Waals surface area contributed by atoms with E-state index in [-0.39, 0.29) is 0 Å². The number of hydrogen-bond donors (Lipinski definition) is 0. The van der Waals surface area contributed by atoms with E-state index in [2.05, 4.69) is 42.8 Å². The Hall–Kier alpha value is -1.51. The summed E-state index contributed by atoms with van der Waals surface area (Å²) in [6.07, 6.45) is 2.64. The largest absolute Gasteiger partial charge is 0.366 e. The third-order valence-electron chi connectivity index (χ3n) is 3.94. The van der Waals surface area contributed by atoms with Crippen LogP contribution in [0.2, 0.25) is 10.0 Å². The lowest BCUT2D eigenvalue weighted by Gasteiger charge is -2.13.